The number of benzene rings is 1. The van der Waals surface area contributed by atoms with Gasteiger partial charge in [0.2, 0.25) is 11.9 Å². The minimum absolute atomic E-state index is 0.284. The van der Waals surface area contributed by atoms with E-state index in [-0.39, 0.29) is 5.41 Å². The Bertz CT molecular complexity index is 753. The van der Waals surface area contributed by atoms with Crippen molar-refractivity contribution in [1.29, 1.82) is 0 Å². The summed E-state index contributed by atoms with van der Waals surface area (Å²) >= 11 is 0. The molecule has 1 aromatic carbocycles. The summed E-state index contributed by atoms with van der Waals surface area (Å²) in [5.74, 6) is 1.09. The van der Waals surface area contributed by atoms with E-state index in [2.05, 4.69) is 46.1 Å². The van der Waals surface area contributed by atoms with Crippen LogP contribution in [0.25, 0.3) is 0 Å². The van der Waals surface area contributed by atoms with Crippen LogP contribution in [0.15, 0.2) is 42.7 Å². The number of fused-ring (bicyclic) bond motifs is 1. The SMILES string of the molecule is CCN1Cc2ccccc2CC2(CCN(c3ncccn3)CC2)C1=O. The summed E-state index contributed by atoms with van der Waals surface area (Å²) < 4.78 is 0. The minimum atomic E-state index is -0.284. The maximum absolute atomic E-state index is 13.3. The monoisotopic (exact) mass is 336 g/mol. The number of piperidine rings is 1. The van der Waals surface area contributed by atoms with Gasteiger partial charge >= 0.3 is 0 Å². The van der Waals surface area contributed by atoms with E-state index in [1.54, 1.807) is 12.4 Å². The Morgan fingerprint density at radius 1 is 1.04 bits per heavy atom. The molecule has 0 saturated carbocycles. The van der Waals surface area contributed by atoms with Crippen LogP contribution in [0, 0.1) is 5.41 Å². The number of hydrogen-bond acceptors (Lipinski definition) is 4. The predicted octanol–water partition coefficient (Wildman–Crippen LogP) is 2.67. The Balaban J connectivity index is 1.61. The topological polar surface area (TPSA) is 49.3 Å². The average Bonchev–Trinajstić information content (AvgIpc) is 2.78. The zero-order valence-corrected chi connectivity index (χ0v) is 14.7. The van der Waals surface area contributed by atoms with Crippen molar-refractivity contribution in [3.05, 3.63) is 53.9 Å². The van der Waals surface area contributed by atoms with E-state index in [0.717, 1.165) is 51.4 Å². The lowest BCUT2D eigenvalue weighted by Crippen LogP contribution is -2.50. The summed E-state index contributed by atoms with van der Waals surface area (Å²) in [6.07, 6.45) is 6.11. The third-order valence-corrected chi connectivity index (χ3v) is 5.69. The molecule has 1 amide bonds. The van der Waals surface area contributed by atoms with Gasteiger partial charge in [0, 0.05) is 38.6 Å². The van der Waals surface area contributed by atoms with E-state index in [1.807, 2.05) is 11.0 Å². The van der Waals surface area contributed by atoms with E-state index < -0.39 is 0 Å². The van der Waals surface area contributed by atoms with E-state index >= 15 is 0 Å². The van der Waals surface area contributed by atoms with Crippen LogP contribution < -0.4 is 4.90 Å². The Labute approximate surface area is 148 Å². The first kappa shape index (κ1) is 16.1. The molecule has 4 rings (SSSR count). The van der Waals surface area contributed by atoms with Gasteiger partial charge in [0.15, 0.2) is 0 Å². The molecule has 0 atom stereocenters. The number of amides is 1. The summed E-state index contributed by atoms with van der Waals surface area (Å²) in [7, 11) is 0. The second-order valence-corrected chi connectivity index (χ2v) is 7.08. The second kappa shape index (κ2) is 6.47. The molecule has 1 saturated heterocycles. The largest absolute Gasteiger partial charge is 0.341 e. The van der Waals surface area contributed by atoms with Gasteiger partial charge in [0.05, 0.1) is 5.41 Å². The standard InChI is InChI=1S/C20H24N4O/c1-2-23-15-17-7-4-3-6-16(17)14-20(18(23)25)8-12-24(13-9-20)19-21-10-5-11-22-19/h3-7,10-11H,2,8-9,12-15H2,1H3. The lowest BCUT2D eigenvalue weighted by atomic mass is 9.73. The molecule has 3 heterocycles. The highest BCUT2D eigenvalue weighted by Crippen LogP contribution is 2.40. The molecular weight excluding hydrogens is 312 g/mol. The number of nitrogens with zero attached hydrogens (tertiary/aromatic N) is 4. The minimum Gasteiger partial charge on any atom is -0.341 e. The molecule has 0 radical (unpaired) electrons. The maximum Gasteiger partial charge on any atom is 0.229 e. The molecule has 5 heteroatoms. The molecule has 0 N–H and O–H groups in total. The molecule has 1 spiro atoms. The van der Waals surface area contributed by atoms with Crippen LogP contribution in [0.1, 0.15) is 30.9 Å². The Morgan fingerprint density at radius 3 is 2.40 bits per heavy atom. The molecule has 130 valence electrons. The molecule has 1 fully saturated rings. The van der Waals surface area contributed by atoms with Crippen molar-refractivity contribution in [3.63, 3.8) is 0 Å². The summed E-state index contributed by atoms with van der Waals surface area (Å²) in [4.78, 5) is 26.3. The first-order chi connectivity index (χ1) is 12.2. The number of rotatable bonds is 2. The number of aromatic nitrogens is 2. The third kappa shape index (κ3) is 2.88. The van der Waals surface area contributed by atoms with Crippen molar-refractivity contribution in [3.8, 4) is 0 Å². The van der Waals surface area contributed by atoms with Gasteiger partial charge in [-0.2, -0.15) is 0 Å². The van der Waals surface area contributed by atoms with Crippen LogP contribution in [0.4, 0.5) is 5.95 Å². The van der Waals surface area contributed by atoms with Gasteiger partial charge in [-0.05, 0) is 43.4 Å². The lowest BCUT2D eigenvalue weighted by Gasteiger charge is -2.41. The number of hydrogen-bond donors (Lipinski definition) is 0. The van der Waals surface area contributed by atoms with Crippen molar-refractivity contribution in [2.24, 2.45) is 5.41 Å². The highest BCUT2D eigenvalue weighted by molar-refractivity contribution is 5.84. The fourth-order valence-electron chi connectivity index (χ4n) is 4.17. The summed E-state index contributed by atoms with van der Waals surface area (Å²) in [5.41, 5.74) is 2.34. The van der Waals surface area contributed by atoms with E-state index in [4.69, 9.17) is 0 Å². The van der Waals surface area contributed by atoms with Crippen LogP contribution in [0.3, 0.4) is 0 Å². The molecule has 0 aliphatic carbocycles. The Kier molecular flexibility index (Phi) is 4.15. The molecule has 2 aliphatic heterocycles. The van der Waals surface area contributed by atoms with Crippen molar-refractivity contribution in [1.82, 2.24) is 14.9 Å². The quantitative estimate of drug-likeness (QED) is 0.846. The smallest absolute Gasteiger partial charge is 0.229 e. The molecule has 0 unspecified atom stereocenters. The van der Waals surface area contributed by atoms with Crippen LogP contribution in [0.2, 0.25) is 0 Å². The van der Waals surface area contributed by atoms with Crippen molar-refractivity contribution in [2.45, 2.75) is 32.7 Å². The molecule has 2 aliphatic rings. The number of anilines is 1. The first-order valence-electron chi connectivity index (χ1n) is 9.10. The molecule has 1 aromatic heterocycles. The Hall–Kier alpha value is -2.43. The maximum atomic E-state index is 13.3. The van der Waals surface area contributed by atoms with Crippen molar-refractivity contribution in [2.75, 3.05) is 24.5 Å². The number of carbonyl (C=O) groups is 1. The van der Waals surface area contributed by atoms with Gasteiger partial charge in [0.1, 0.15) is 0 Å². The van der Waals surface area contributed by atoms with E-state index in [1.165, 1.54) is 11.1 Å². The van der Waals surface area contributed by atoms with Gasteiger partial charge in [-0.25, -0.2) is 9.97 Å². The van der Waals surface area contributed by atoms with Crippen LogP contribution in [0.5, 0.6) is 0 Å². The van der Waals surface area contributed by atoms with E-state index in [0.29, 0.717) is 5.91 Å². The number of carbonyl (C=O) groups excluding carboxylic acids is 1. The molecule has 2 aromatic rings. The molecule has 5 nitrogen and oxygen atoms in total. The Morgan fingerprint density at radius 2 is 1.72 bits per heavy atom. The van der Waals surface area contributed by atoms with Crippen molar-refractivity contribution >= 4 is 11.9 Å². The van der Waals surface area contributed by atoms with Gasteiger partial charge in [-0.1, -0.05) is 24.3 Å². The molecular formula is C20H24N4O. The fraction of sp³-hybridized carbons (Fsp3) is 0.450. The van der Waals surface area contributed by atoms with Crippen LogP contribution in [-0.2, 0) is 17.8 Å². The predicted molar refractivity (Wildman–Crippen MR) is 97.1 cm³/mol. The third-order valence-electron chi connectivity index (χ3n) is 5.69. The molecule has 25 heavy (non-hydrogen) atoms. The summed E-state index contributed by atoms with van der Waals surface area (Å²) in [6.45, 7) is 5.23. The van der Waals surface area contributed by atoms with Gasteiger partial charge in [-0.15, -0.1) is 0 Å². The molecule has 0 bridgehead atoms. The summed E-state index contributed by atoms with van der Waals surface area (Å²) in [6, 6.07) is 10.4. The average molecular weight is 336 g/mol. The van der Waals surface area contributed by atoms with E-state index in [9.17, 15) is 4.79 Å². The zero-order valence-electron chi connectivity index (χ0n) is 14.7. The first-order valence-corrected chi connectivity index (χ1v) is 9.10. The zero-order chi connectivity index (χ0) is 17.3. The highest BCUT2D eigenvalue weighted by Gasteiger charge is 2.45. The lowest BCUT2D eigenvalue weighted by molar-refractivity contribution is -0.143. The summed E-state index contributed by atoms with van der Waals surface area (Å²) in [5, 5.41) is 0. The normalized spacial score (nSPS) is 19.6. The van der Waals surface area contributed by atoms with Crippen molar-refractivity contribution < 1.29 is 4.79 Å². The van der Waals surface area contributed by atoms with Crippen LogP contribution >= 0.6 is 0 Å². The highest BCUT2D eigenvalue weighted by atomic mass is 16.2. The van der Waals surface area contributed by atoms with Gasteiger partial charge in [0.25, 0.3) is 0 Å². The second-order valence-electron chi connectivity index (χ2n) is 7.08. The van der Waals surface area contributed by atoms with Gasteiger partial charge < -0.3 is 9.80 Å². The fourth-order valence-corrected chi connectivity index (χ4v) is 4.17. The van der Waals surface area contributed by atoms with Gasteiger partial charge in [-0.3, -0.25) is 4.79 Å². The van der Waals surface area contributed by atoms with Crippen LogP contribution in [-0.4, -0.2) is 40.4 Å².